The van der Waals surface area contributed by atoms with Gasteiger partial charge in [-0.1, -0.05) is 30.3 Å². The van der Waals surface area contributed by atoms with Crippen molar-refractivity contribution in [1.82, 2.24) is 15.0 Å². The average molecular weight is 342 g/mol. The summed E-state index contributed by atoms with van der Waals surface area (Å²) in [6, 6.07) is 14.5. The number of pyridine rings is 3. The third-order valence-electron chi connectivity index (χ3n) is 4.03. The van der Waals surface area contributed by atoms with Crippen molar-refractivity contribution in [2.45, 2.75) is 0 Å². The minimum absolute atomic E-state index is 0.0149. The Balaban J connectivity index is 1.77. The summed E-state index contributed by atoms with van der Waals surface area (Å²) in [7, 11) is 0. The van der Waals surface area contributed by atoms with Crippen molar-refractivity contribution >= 4 is 22.5 Å². The maximum Gasteiger partial charge on any atom is 0.262 e. The van der Waals surface area contributed by atoms with E-state index in [1.807, 2.05) is 24.3 Å². The normalized spacial score (nSPS) is 10.6. The van der Waals surface area contributed by atoms with E-state index in [1.54, 1.807) is 49.1 Å². The molecule has 0 aliphatic rings. The number of nitrogens with one attached hydrogen (secondary N) is 2. The monoisotopic (exact) mass is 342 g/mol. The first-order valence-corrected chi connectivity index (χ1v) is 8.00. The van der Waals surface area contributed by atoms with Crippen LogP contribution >= 0.6 is 0 Å². The second kappa shape index (κ2) is 6.60. The highest BCUT2D eigenvalue weighted by Crippen LogP contribution is 2.27. The number of benzene rings is 1. The smallest absolute Gasteiger partial charge is 0.262 e. The SMILES string of the molecule is O=C(Nc1ccccn1)c1cc(-c2cncc3ccccc23)c[nH]c1=O. The fourth-order valence-corrected chi connectivity index (χ4v) is 2.77. The topological polar surface area (TPSA) is 87.7 Å². The van der Waals surface area contributed by atoms with Crippen LogP contribution in [0.5, 0.6) is 0 Å². The average Bonchev–Trinajstić information content (AvgIpc) is 2.69. The van der Waals surface area contributed by atoms with E-state index in [2.05, 4.69) is 20.3 Å². The molecule has 0 aliphatic carbocycles. The summed E-state index contributed by atoms with van der Waals surface area (Å²) in [5.41, 5.74) is 1.10. The zero-order valence-corrected chi connectivity index (χ0v) is 13.6. The number of rotatable bonds is 3. The van der Waals surface area contributed by atoms with E-state index >= 15 is 0 Å². The van der Waals surface area contributed by atoms with Crippen LogP contribution in [0.15, 0.2) is 78.1 Å². The second-order valence-corrected chi connectivity index (χ2v) is 5.71. The van der Waals surface area contributed by atoms with Gasteiger partial charge in [-0.05, 0) is 23.6 Å². The van der Waals surface area contributed by atoms with Crippen LogP contribution < -0.4 is 10.9 Å². The first-order valence-electron chi connectivity index (χ1n) is 8.00. The molecule has 0 bridgehead atoms. The predicted octanol–water partition coefficient (Wildman–Crippen LogP) is 3.24. The molecule has 3 heterocycles. The van der Waals surface area contributed by atoms with E-state index in [0.717, 1.165) is 16.3 Å². The molecule has 6 heteroatoms. The minimum atomic E-state index is -0.514. The number of anilines is 1. The van der Waals surface area contributed by atoms with Crippen LogP contribution in [0.25, 0.3) is 21.9 Å². The van der Waals surface area contributed by atoms with Gasteiger partial charge in [0, 0.05) is 41.3 Å². The standard InChI is InChI=1S/C20H14N4O2/c25-19-16(20(26)24-18-7-3-4-8-22-18)9-14(11-23-19)17-12-21-10-13-5-1-2-6-15(13)17/h1-12H,(H,23,25)(H,22,24,26). The summed E-state index contributed by atoms with van der Waals surface area (Å²) < 4.78 is 0. The van der Waals surface area contributed by atoms with Gasteiger partial charge in [0.05, 0.1) is 0 Å². The first kappa shape index (κ1) is 15.7. The molecule has 4 rings (SSSR count). The zero-order chi connectivity index (χ0) is 17.9. The molecule has 0 radical (unpaired) electrons. The molecule has 0 fully saturated rings. The lowest BCUT2D eigenvalue weighted by atomic mass is 10.0. The Morgan fingerprint density at radius 2 is 1.88 bits per heavy atom. The highest BCUT2D eigenvalue weighted by atomic mass is 16.2. The predicted molar refractivity (Wildman–Crippen MR) is 100.0 cm³/mol. The van der Waals surface area contributed by atoms with E-state index in [4.69, 9.17) is 0 Å². The highest BCUT2D eigenvalue weighted by molar-refractivity contribution is 6.05. The van der Waals surface area contributed by atoms with Crippen LogP contribution in [0.3, 0.4) is 0 Å². The van der Waals surface area contributed by atoms with Gasteiger partial charge in [-0.3, -0.25) is 14.6 Å². The molecule has 6 nitrogen and oxygen atoms in total. The number of carbonyl (C=O) groups is 1. The molecule has 0 saturated carbocycles. The fourth-order valence-electron chi connectivity index (χ4n) is 2.77. The van der Waals surface area contributed by atoms with Crippen molar-refractivity contribution < 1.29 is 4.79 Å². The largest absolute Gasteiger partial charge is 0.328 e. The van der Waals surface area contributed by atoms with Gasteiger partial charge in [0.15, 0.2) is 0 Å². The van der Waals surface area contributed by atoms with Gasteiger partial charge in [-0.25, -0.2) is 4.98 Å². The van der Waals surface area contributed by atoms with Gasteiger partial charge < -0.3 is 10.3 Å². The number of aromatic amines is 1. The maximum atomic E-state index is 12.5. The van der Waals surface area contributed by atoms with Crippen molar-refractivity contribution in [3.8, 4) is 11.1 Å². The highest BCUT2D eigenvalue weighted by Gasteiger charge is 2.14. The Morgan fingerprint density at radius 1 is 1.04 bits per heavy atom. The van der Waals surface area contributed by atoms with Gasteiger partial charge in [-0.2, -0.15) is 0 Å². The molecule has 0 spiro atoms. The van der Waals surface area contributed by atoms with Crippen LogP contribution in [0.2, 0.25) is 0 Å². The fraction of sp³-hybridized carbons (Fsp3) is 0. The molecular formula is C20H14N4O2. The number of hydrogen-bond acceptors (Lipinski definition) is 4. The lowest BCUT2D eigenvalue weighted by Gasteiger charge is -2.08. The molecule has 126 valence electrons. The Hall–Kier alpha value is -3.80. The van der Waals surface area contributed by atoms with Crippen LogP contribution in [0.4, 0.5) is 5.82 Å². The quantitative estimate of drug-likeness (QED) is 0.598. The number of amides is 1. The molecule has 4 aromatic rings. The second-order valence-electron chi connectivity index (χ2n) is 5.71. The number of fused-ring (bicyclic) bond motifs is 1. The number of hydrogen-bond donors (Lipinski definition) is 2. The maximum absolute atomic E-state index is 12.5. The van der Waals surface area contributed by atoms with Gasteiger partial charge >= 0.3 is 0 Å². The van der Waals surface area contributed by atoms with Gasteiger partial charge in [-0.15, -0.1) is 0 Å². The molecule has 1 amide bonds. The summed E-state index contributed by atoms with van der Waals surface area (Å²) in [6.45, 7) is 0. The van der Waals surface area contributed by atoms with Crippen LogP contribution in [0.1, 0.15) is 10.4 Å². The molecule has 0 unspecified atom stereocenters. The Kier molecular flexibility index (Phi) is 3.99. The van der Waals surface area contributed by atoms with Crippen LogP contribution in [-0.4, -0.2) is 20.9 Å². The lowest BCUT2D eigenvalue weighted by molar-refractivity contribution is 0.102. The minimum Gasteiger partial charge on any atom is -0.328 e. The molecule has 0 atom stereocenters. The van der Waals surface area contributed by atoms with Crippen molar-refractivity contribution in [1.29, 1.82) is 0 Å². The number of nitrogens with zero attached hydrogens (tertiary/aromatic N) is 2. The first-order chi connectivity index (χ1) is 12.7. The van der Waals surface area contributed by atoms with Crippen LogP contribution in [0, 0.1) is 0 Å². The Bertz CT molecular complexity index is 1150. The number of carbonyl (C=O) groups excluding carboxylic acids is 1. The lowest BCUT2D eigenvalue weighted by Crippen LogP contribution is -2.23. The van der Waals surface area contributed by atoms with E-state index in [-0.39, 0.29) is 5.56 Å². The van der Waals surface area contributed by atoms with Gasteiger partial charge in [0.25, 0.3) is 11.5 Å². The molecule has 0 aliphatic heterocycles. The third-order valence-corrected chi connectivity index (χ3v) is 4.03. The Morgan fingerprint density at radius 3 is 2.73 bits per heavy atom. The molecule has 2 N–H and O–H groups in total. The third kappa shape index (κ3) is 2.95. The van der Waals surface area contributed by atoms with E-state index < -0.39 is 11.5 Å². The molecule has 0 saturated heterocycles. The molecular weight excluding hydrogens is 328 g/mol. The zero-order valence-electron chi connectivity index (χ0n) is 13.6. The van der Waals surface area contributed by atoms with Crippen molar-refractivity contribution in [3.63, 3.8) is 0 Å². The number of H-pyrrole nitrogens is 1. The molecule has 26 heavy (non-hydrogen) atoms. The van der Waals surface area contributed by atoms with Crippen molar-refractivity contribution in [2.75, 3.05) is 5.32 Å². The van der Waals surface area contributed by atoms with Crippen molar-refractivity contribution in [3.05, 3.63) is 89.2 Å². The summed E-state index contributed by atoms with van der Waals surface area (Å²) in [4.78, 5) is 35.6. The van der Waals surface area contributed by atoms with E-state index in [1.165, 1.54) is 0 Å². The van der Waals surface area contributed by atoms with Gasteiger partial charge in [0.1, 0.15) is 11.4 Å². The van der Waals surface area contributed by atoms with Crippen molar-refractivity contribution in [2.24, 2.45) is 0 Å². The summed E-state index contributed by atoms with van der Waals surface area (Å²) in [5, 5.41) is 4.60. The van der Waals surface area contributed by atoms with Crippen LogP contribution in [-0.2, 0) is 0 Å². The molecule has 1 aromatic carbocycles. The summed E-state index contributed by atoms with van der Waals surface area (Å²) in [6.07, 6.45) is 6.65. The summed E-state index contributed by atoms with van der Waals surface area (Å²) >= 11 is 0. The molecule has 3 aromatic heterocycles. The van der Waals surface area contributed by atoms with E-state index in [9.17, 15) is 9.59 Å². The van der Waals surface area contributed by atoms with Gasteiger partial charge in [0.2, 0.25) is 0 Å². The van der Waals surface area contributed by atoms with E-state index in [0.29, 0.717) is 11.4 Å². The number of aromatic nitrogens is 3. The summed E-state index contributed by atoms with van der Waals surface area (Å²) in [5.74, 6) is -0.130. The Labute approximate surface area is 148 Å².